The minimum absolute atomic E-state index is 1.04. The van der Waals surface area contributed by atoms with Crippen molar-refractivity contribution in [3.63, 3.8) is 0 Å². The molecule has 0 spiro atoms. The molecule has 2 nitrogen and oxygen atoms in total. The summed E-state index contributed by atoms with van der Waals surface area (Å²) in [4.78, 5) is 6.44. The Morgan fingerprint density at radius 2 is 2.14 bits per heavy atom. The van der Waals surface area contributed by atoms with Crippen LogP contribution in [-0.2, 0) is 0 Å². The van der Waals surface area contributed by atoms with E-state index in [9.17, 15) is 0 Å². The van der Waals surface area contributed by atoms with Gasteiger partial charge >= 0.3 is 0 Å². The molecule has 1 aliphatic heterocycles. The second kappa shape index (κ2) is 4.09. The van der Waals surface area contributed by atoms with Gasteiger partial charge in [-0.3, -0.25) is 4.99 Å². The number of rotatable bonds is 2. The highest BCUT2D eigenvalue weighted by molar-refractivity contribution is 5.89. The van der Waals surface area contributed by atoms with Gasteiger partial charge in [0.15, 0.2) is 0 Å². The van der Waals surface area contributed by atoms with Crippen molar-refractivity contribution >= 4 is 11.9 Å². The molecule has 0 saturated carbocycles. The molecular weight excluding hydrogens is 172 g/mol. The van der Waals surface area contributed by atoms with Crippen LogP contribution in [0.5, 0.6) is 0 Å². The van der Waals surface area contributed by atoms with E-state index in [1.807, 2.05) is 24.7 Å². The molecule has 1 aliphatic rings. The minimum atomic E-state index is 1.04. The lowest BCUT2D eigenvalue weighted by Gasteiger charge is -2.20. The zero-order chi connectivity index (χ0) is 9.80. The van der Waals surface area contributed by atoms with Gasteiger partial charge in [0.05, 0.1) is 0 Å². The number of anilines is 1. The van der Waals surface area contributed by atoms with Crippen LogP contribution in [0.1, 0.15) is 18.9 Å². The number of fused-ring (bicyclic) bond motifs is 1. The normalized spacial score (nSPS) is 13.9. The highest BCUT2D eigenvalue weighted by Crippen LogP contribution is 2.21. The summed E-state index contributed by atoms with van der Waals surface area (Å²) < 4.78 is 0. The molecule has 2 heteroatoms. The fraction of sp³-hybridized carbons (Fsp3) is 0.250. The van der Waals surface area contributed by atoms with Gasteiger partial charge in [-0.2, -0.15) is 0 Å². The van der Waals surface area contributed by atoms with Crippen molar-refractivity contribution in [1.29, 1.82) is 0 Å². The quantitative estimate of drug-likeness (QED) is 0.693. The second-order valence-electron chi connectivity index (χ2n) is 3.33. The summed E-state index contributed by atoms with van der Waals surface area (Å²) in [5, 5.41) is 0. The Labute approximate surface area is 84.6 Å². The third kappa shape index (κ3) is 1.69. The molecule has 0 aliphatic carbocycles. The van der Waals surface area contributed by atoms with E-state index in [2.05, 4.69) is 35.0 Å². The molecule has 0 unspecified atom stereocenters. The van der Waals surface area contributed by atoms with Gasteiger partial charge in [-0.1, -0.05) is 25.1 Å². The van der Waals surface area contributed by atoms with Gasteiger partial charge in [0.2, 0.25) is 0 Å². The Morgan fingerprint density at radius 1 is 1.29 bits per heavy atom. The van der Waals surface area contributed by atoms with Crippen LogP contribution < -0.4 is 4.90 Å². The van der Waals surface area contributed by atoms with Crippen molar-refractivity contribution in [2.45, 2.75) is 13.3 Å². The van der Waals surface area contributed by atoms with Crippen LogP contribution in [0.4, 0.5) is 5.69 Å². The number of para-hydroxylation sites is 1. The largest absolute Gasteiger partial charge is 0.346 e. The molecule has 2 rings (SSSR count). The van der Waals surface area contributed by atoms with Crippen molar-refractivity contribution in [3.05, 3.63) is 42.2 Å². The van der Waals surface area contributed by atoms with E-state index in [1.165, 1.54) is 11.3 Å². The maximum atomic E-state index is 4.20. The van der Waals surface area contributed by atoms with E-state index < -0.39 is 0 Å². The molecule has 0 aromatic heterocycles. The summed E-state index contributed by atoms with van der Waals surface area (Å²) in [7, 11) is 0. The Kier molecular flexibility index (Phi) is 2.63. The average Bonchev–Trinajstić information content (AvgIpc) is 2.42. The van der Waals surface area contributed by atoms with Crippen LogP contribution in [0.25, 0.3) is 0 Å². The first kappa shape index (κ1) is 9.00. The molecule has 0 N–H and O–H groups in total. The molecule has 1 heterocycles. The first-order chi connectivity index (χ1) is 6.92. The van der Waals surface area contributed by atoms with E-state index >= 15 is 0 Å². The maximum absolute atomic E-state index is 4.20. The van der Waals surface area contributed by atoms with Crippen LogP contribution >= 0.6 is 0 Å². The van der Waals surface area contributed by atoms with Crippen LogP contribution in [0.3, 0.4) is 0 Å². The molecule has 0 saturated heterocycles. The van der Waals surface area contributed by atoms with Gasteiger partial charge in [-0.05, 0) is 12.5 Å². The Hall–Kier alpha value is -1.57. The Balaban J connectivity index is 2.39. The first-order valence-electron chi connectivity index (χ1n) is 4.97. The number of nitrogens with zero attached hydrogens (tertiary/aromatic N) is 2. The second-order valence-corrected chi connectivity index (χ2v) is 3.33. The van der Waals surface area contributed by atoms with Crippen molar-refractivity contribution in [3.8, 4) is 0 Å². The zero-order valence-electron chi connectivity index (χ0n) is 8.35. The zero-order valence-corrected chi connectivity index (χ0v) is 8.35. The smallest absolute Gasteiger partial charge is 0.0495 e. The summed E-state index contributed by atoms with van der Waals surface area (Å²) >= 11 is 0. The predicted octanol–water partition coefficient (Wildman–Crippen LogP) is 2.81. The summed E-state index contributed by atoms with van der Waals surface area (Å²) in [6, 6.07) is 8.33. The topological polar surface area (TPSA) is 15.6 Å². The molecule has 0 bridgehead atoms. The molecule has 0 atom stereocenters. The fourth-order valence-corrected chi connectivity index (χ4v) is 1.62. The Bertz CT molecular complexity index is 366. The van der Waals surface area contributed by atoms with Crippen molar-refractivity contribution in [1.82, 2.24) is 0 Å². The highest BCUT2D eigenvalue weighted by atomic mass is 15.1. The molecule has 0 amide bonds. The lowest BCUT2D eigenvalue weighted by molar-refractivity contribution is 0.879. The third-order valence-electron chi connectivity index (χ3n) is 2.26. The average molecular weight is 186 g/mol. The van der Waals surface area contributed by atoms with Crippen molar-refractivity contribution in [2.24, 2.45) is 4.99 Å². The highest BCUT2D eigenvalue weighted by Gasteiger charge is 2.07. The third-order valence-corrected chi connectivity index (χ3v) is 2.26. The summed E-state index contributed by atoms with van der Waals surface area (Å²) in [6.45, 7) is 3.22. The van der Waals surface area contributed by atoms with E-state index in [0.717, 1.165) is 13.0 Å². The lowest BCUT2D eigenvalue weighted by Crippen LogP contribution is -2.17. The van der Waals surface area contributed by atoms with Gasteiger partial charge < -0.3 is 4.90 Å². The summed E-state index contributed by atoms with van der Waals surface area (Å²) in [5.41, 5.74) is 2.43. The maximum Gasteiger partial charge on any atom is 0.0495 e. The van der Waals surface area contributed by atoms with Gasteiger partial charge in [0.25, 0.3) is 0 Å². The summed E-state index contributed by atoms with van der Waals surface area (Å²) in [6.07, 6.45) is 6.92. The van der Waals surface area contributed by atoms with Crippen LogP contribution in [0.15, 0.2) is 41.7 Å². The van der Waals surface area contributed by atoms with Gasteiger partial charge in [-0.15, -0.1) is 0 Å². The number of hydrogen-bond acceptors (Lipinski definition) is 2. The number of hydrogen-bond donors (Lipinski definition) is 0. The molecule has 0 fully saturated rings. The SMILES string of the molecule is CCCN1C=CN=Cc2ccccc21. The van der Waals surface area contributed by atoms with E-state index in [1.54, 1.807) is 0 Å². The van der Waals surface area contributed by atoms with Crippen LogP contribution in [-0.4, -0.2) is 12.8 Å². The standard InChI is InChI=1S/C12H14N2/c1-2-8-14-9-7-13-10-11-5-3-4-6-12(11)14/h3-7,9-10H,2,8H2,1H3. The van der Waals surface area contributed by atoms with Gasteiger partial charge in [0.1, 0.15) is 0 Å². The molecule has 14 heavy (non-hydrogen) atoms. The molecule has 1 aromatic carbocycles. The number of benzene rings is 1. The first-order valence-corrected chi connectivity index (χ1v) is 4.97. The van der Waals surface area contributed by atoms with Crippen LogP contribution in [0.2, 0.25) is 0 Å². The van der Waals surface area contributed by atoms with Gasteiger partial charge in [0, 0.05) is 36.4 Å². The lowest BCUT2D eigenvalue weighted by atomic mass is 10.2. The molecule has 1 aromatic rings. The van der Waals surface area contributed by atoms with Crippen LogP contribution in [0, 0.1) is 0 Å². The van der Waals surface area contributed by atoms with E-state index in [4.69, 9.17) is 0 Å². The predicted molar refractivity (Wildman–Crippen MR) is 60.8 cm³/mol. The van der Waals surface area contributed by atoms with Crippen molar-refractivity contribution in [2.75, 3.05) is 11.4 Å². The number of aliphatic imine (C=N–C) groups is 1. The monoisotopic (exact) mass is 186 g/mol. The molecule has 72 valence electrons. The Morgan fingerprint density at radius 3 is 3.00 bits per heavy atom. The fourth-order valence-electron chi connectivity index (χ4n) is 1.62. The summed E-state index contributed by atoms with van der Waals surface area (Å²) in [5.74, 6) is 0. The van der Waals surface area contributed by atoms with Crippen molar-refractivity contribution < 1.29 is 0 Å². The van der Waals surface area contributed by atoms with E-state index in [0.29, 0.717) is 0 Å². The molecular formula is C12H14N2. The molecule has 0 radical (unpaired) electrons. The van der Waals surface area contributed by atoms with Gasteiger partial charge in [-0.25, -0.2) is 0 Å². The minimum Gasteiger partial charge on any atom is -0.346 e. The van der Waals surface area contributed by atoms with E-state index in [-0.39, 0.29) is 0 Å².